The number of nitrogens with zero attached hydrogens (tertiary/aromatic N) is 3. The molecule has 7 nitrogen and oxygen atoms in total. The van der Waals surface area contributed by atoms with E-state index in [9.17, 15) is 14.7 Å². The molecule has 0 aliphatic carbocycles. The first-order chi connectivity index (χ1) is 12.9. The van der Waals surface area contributed by atoms with Crippen molar-refractivity contribution in [3.63, 3.8) is 0 Å². The summed E-state index contributed by atoms with van der Waals surface area (Å²) in [5, 5.41) is 16.8. The van der Waals surface area contributed by atoms with Gasteiger partial charge in [-0.1, -0.05) is 25.4 Å². The molecule has 1 atom stereocenters. The number of amides is 1. The fraction of sp³-hybridized carbons (Fsp3) is 0.211. The number of benzene rings is 1. The molecule has 2 aromatic heterocycles. The first kappa shape index (κ1) is 18.7. The van der Waals surface area contributed by atoms with Gasteiger partial charge in [0, 0.05) is 23.5 Å². The number of halogens is 1. The summed E-state index contributed by atoms with van der Waals surface area (Å²) in [6, 6.07) is 11.4. The highest BCUT2D eigenvalue weighted by molar-refractivity contribution is 6.30. The number of hydrogen-bond acceptors (Lipinski definition) is 3. The van der Waals surface area contributed by atoms with Crippen molar-refractivity contribution in [2.45, 2.75) is 19.9 Å². The Hall–Kier alpha value is -3.06. The number of rotatable bonds is 6. The van der Waals surface area contributed by atoms with Crippen LogP contribution < -0.4 is 5.32 Å². The van der Waals surface area contributed by atoms with Crippen LogP contribution in [-0.2, 0) is 4.79 Å². The van der Waals surface area contributed by atoms with E-state index in [1.807, 2.05) is 29.1 Å². The molecule has 0 fully saturated rings. The third-order valence-corrected chi connectivity index (χ3v) is 4.33. The quantitative estimate of drug-likeness (QED) is 0.681. The minimum atomic E-state index is -1.08. The van der Waals surface area contributed by atoms with Crippen molar-refractivity contribution in [1.29, 1.82) is 0 Å². The predicted molar refractivity (Wildman–Crippen MR) is 102 cm³/mol. The largest absolute Gasteiger partial charge is 0.480 e. The Labute approximate surface area is 161 Å². The zero-order chi connectivity index (χ0) is 19.6. The Morgan fingerprint density at radius 1 is 1.15 bits per heavy atom. The molecule has 0 bridgehead atoms. The van der Waals surface area contributed by atoms with Crippen LogP contribution in [0.3, 0.4) is 0 Å². The van der Waals surface area contributed by atoms with Crippen LogP contribution in [0.15, 0.2) is 54.9 Å². The molecule has 2 N–H and O–H groups in total. The molecule has 140 valence electrons. The van der Waals surface area contributed by atoms with Crippen LogP contribution >= 0.6 is 11.6 Å². The highest BCUT2D eigenvalue weighted by Crippen LogP contribution is 2.19. The number of carboxylic acids is 1. The maximum absolute atomic E-state index is 12.6. The van der Waals surface area contributed by atoms with Crippen LogP contribution in [0.4, 0.5) is 0 Å². The van der Waals surface area contributed by atoms with Crippen LogP contribution in [0.25, 0.3) is 11.5 Å². The van der Waals surface area contributed by atoms with Gasteiger partial charge in [0.2, 0.25) is 0 Å². The number of aromatic nitrogens is 3. The second kappa shape index (κ2) is 7.67. The molecule has 0 saturated carbocycles. The molecule has 1 aromatic carbocycles. The number of nitrogens with one attached hydrogen (secondary N) is 1. The van der Waals surface area contributed by atoms with Crippen LogP contribution in [0, 0.1) is 5.92 Å². The summed E-state index contributed by atoms with van der Waals surface area (Å²) in [5.74, 6) is -1.24. The van der Waals surface area contributed by atoms with E-state index in [2.05, 4.69) is 10.4 Å². The average molecular weight is 387 g/mol. The van der Waals surface area contributed by atoms with Gasteiger partial charge in [0.25, 0.3) is 5.91 Å². The van der Waals surface area contributed by atoms with Crippen molar-refractivity contribution in [3.05, 3.63) is 65.6 Å². The molecule has 27 heavy (non-hydrogen) atoms. The molecule has 1 amide bonds. The monoisotopic (exact) mass is 386 g/mol. The van der Waals surface area contributed by atoms with Crippen molar-refractivity contribution >= 4 is 23.5 Å². The molecule has 3 aromatic rings. The van der Waals surface area contributed by atoms with E-state index in [4.69, 9.17) is 11.6 Å². The van der Waals surface area contributed by atoms with Gasteiger partial charge in [-0.2, -0.15) is 5.10 Å². The zero-order valence-corrected chi connectivity index (χ0v) is 15.6. The summed E-state index contributed by atoms with van der Waals surface area (Å²) in [5.41, 5.74) is 0.848. The zero-order valence-electron chi connectivity index (χ0n) is 14.8. The van der Waals surface area contributed by atoms with E-state index in [0.29, 0.717) is 10.8 Å². The lowest BCUT2D eigenvalue weighted by molar-refractivity contribution is -0.140. The van der Waals surface area contributed by atoms with E-state index >= 15 is 0 Å². The van der Waals surface area contributed by atoms with Gasteiger partial charge in [-0.05, 0) is 42.3 Å². The van der Waals surface area contributed by atoms with Gasteiger partial charge in [0.05, 0.1) is 5.69 Å². The van der Waals surface area contributed by atoms with Gasteiger partial charge >= 0.3 is 5.97 Å². The van der Waals surface area contributed by atoms with Crippen molar-refractivity contribution in [1.82, 2.24) is 19.7 Å². The second-order valence-corrected chi connectivity index (χ2v) is 6.84. The van der Waals surface area contributed by atoms with Crippen LogP contribution in [0.5, 0.6) is 0 Å². The Balaban J connectivity index is 2.00. The standard InChI is InChI=1S/C19H19ClN4O3/c1-12(2)17(19(26)27)21-18(25)15-11-16(23-9-3-4-10-23)24(22-15)14-7-5-13(20)6-8-14/h3-12,17H,1-2H3,(H,21,25)(H,26,27)/t17-/m0/s1. The lowest BCUT2D eigenvalue weighted by Gasteiger charge is -2.16. The highest BCUT2D eigenvalue weighted by Gasteiger charge is 2.26. The van der Waals surface area contributed by atoms with Gasteiger partial charge in [0.1, 0.15) is 11.9 Å². The lowest BCUT2D eigenvalue weighted by atomic mass is 10.0. The van der Waals surface area contributed by atoms with Gasteiger partial charge in [-0.3, -0.25) is 4.79 Å². The summed E-state index contributed by atoms with van der Waals surface area (Å²) >= 11 is 5.96. The first-order valence-corrected chi connectivity index (χ1v) is 8.77. The van der Waals surface area contributed by atoms with E-state index < -0.39 is 17.9 Å². The average Bonchev–Trinajstić information content (AvgIpc) is 3.28. The molecule has 0 radical (unpaired) electrons. The van der Waals surface area contributed by atoms with E-state index in [-0.39, 0.29) is 11.6 Å². The Bertz CT molecular complexity index is 946. The SMILES string of the molecule is CC(C)[C@H](NC(=O)c1cc(-n2cccc2)n(-c2ccc(Cl)cc2)n1)C(=O)O. The molecule has 0 spiro atoms. The molecule has 0 aliphatic heterocycles. The summed E-state index contributed by atoms with van der Waals surface area (Å²) < 4.78 is 3.42. The molecule has 8 heteroatoms. The third-order valence-electron chi connectivity index (χ3n) is 4.08. The maximum atomic E-state index is 12.6. The van der Waals surface area contributed by atoms with Crippen LogP contribution in [-0.4, -0.2) is 37.4 Å². The Morgan fingerprint density at radius 3 is 2.33 bits per heavy atom. The number of aliphatic carboxylic acids is 1. The van der Waals surface area contributed by atoms with Gasteiger partial charge < -0.3 is 15.0 Å². The number of carboxylic acid groups (broad SMARTS) is 1. The summed E-state index contributed by atoms with van der Waals surface area (Å²) in [4.78, 5) is 24.0. The van der Waals surface area contributed by atoms with Crippen molar-refractivity contribution in [2.24, 2.45) is 5.92 Å². The number of hydrogen-bond donors (Lipinski definition) is 2. The smallest absolute Gasteiger partial charge is 0.326 e. The molecule has 3 rings (SSSR count). The summed E-state index contributed by atoms with van der Waals surface area (Å²) in [6.45, 7) is 3.47. The van der Waals surface area contributed by atoms with Crippen molar-refractivity contribution in [2.75, 3.05) is 0 Å². The fourth-order valence-electron chi connectivity index (χ4n) is 2.65. The topological polar surface area (TPSA) is 89.2 Å². The summed E-state index contributed by atoms with van der Waals surface area (Å²) in [6.07, 6.45) is 3.67. The van der Waals surface area contributed by atoms with Crippen LogP contribution in [0.2, 0.25) is 5.02 Å². The normalized spacial score (nSPS) is 12.1. The van der Waals surface area contributed by atoms with Gasteiger partial charge in [-0.25, -0.2) is 9.48 Å². The minimum Gasteiger partial charge on any atom is -0.480 e. The fourth-order valence-corrected chi connectivity index (χ4v) is 2.78. The lowest BCUT2D eigenvalue weighted by Crippen LogP contribution is -2.44. The molecule has 0 unspecified atom stereocenters. The molecule has 0 aliphatic rings. The Kier molecular flexibility index (Phi) is 5.32. The predicted octanol–water partition coefficient (Wildman–Crippen LogP) is 3.16. The maximum Gasteiger partial charge on any atom is 0.326 e. The van der Waals surface area contributed by atoms with Gasteiger partial charge in [0.15, 0.2) is 5.69 Å². The van der Waals surface area contributed by atoms with Gasteiger partial charge in [-0.15, -0.1) is 0 Å². The summed E-state index contributed by atoms with van der Waals surface area (Å²) in [7, 11) is 0. The molecular weight excluding hydrogens is 368 g/mol. The Morgan fingerprint density at radius 2 is 1.78 bits per heavy atom. The van der Waals surface area contributed by atoms with Crippen molar-refractivity contribution in [3.8, 4) is 11.5 Å². The minimum absolute atomic E-state index is 0.126. The second-order valence-electron chi connectivity index (χ2n) is 6.40. The van der Waals surface area contributed by atoms with E-state index in [1.165, 1.54) is 0 Å². The molecular formula is C19H19ClN4O3. The van der Waals surface area contributed by atoms with Crippen molar-refractivity contribution < 1.29 is 14.7 Å². The van der Waals surface area contributed by atoms with E-state index in [0.717, 1.165) is 5.69 Å². The van der Waals surface area contributed by atoms with E-state index in [1.54, 1.807) is 48.9 Å². The molecule has 0 saturated heterocycles. The number of carbonyl (C=O) groups is 2. The third kappa shape index (κ3) is 4.03. The first-order valence-electron chi connectivity index (χ1n) is 8.40. The van der Waals surface area contributed by atoms with Crippen LogP contribution in [0.1, 0.15) is 24.3 Å². The highest BCUT2D eigenvalue weighted by atomic mass is 35.5. The molecule has 2 heterocycles. The number of carbonyl (C=O) groups excluding carboxylic acids is 1.